The van der Waals surface area contributed by atoms with E-state index < -0.39 is 5.54 Å². The largest absolute Gasteiger partial charge is 0.378 e. The van der Waals surface area contributed by atoms with Gasteiger partial charge in [-0.15, -0.1) is 0 Å². The van der Waals surface area contributed by atoms with E-state index in [-0.39, 0.29) is 18.4 Å². The van der Waals surface area contributed by atoms with E-state index in [0.717, 1.165) is 0 Å². The standard InChI is InChI=1S/C9H14N2O3/c1-2-11-5-7(12)10-9(8(11)13)3-4-14-6-9/h2-6H2,1H3,(H,10,12). The molecule has 0 aromatic carbocycles. The Kier molecular flexibility index (Phi) is 2.19. The minimum Gasteiger partial charge on any atom is -0.378 e. The fourth-order valence-electron chi connectivity index (χ4n) is 2.00. The predicted molar refractivity (Wildman–Crippen MR) is 48.6 cm³/mol. The summed E-state index contributed by atoms with van der Waals surface area (Å²) in [6, 6.07) is 0. The molecule has 2 amide bonds. The molecule has 2 saturated heterocycles. The topological polar surface area (TPSA) is 58.6 Å². The number of hydrogen-bond acceptors (Lipinski definition) is 3. The Hall–Kier alpha value is -1.10. The number of rotatable bonds is 1. The van der Waals surface area contributed by atoms with Crippen molar-refractivity contribution in [3.05, 3.63) is 0 Å². The first-order valence-electron chi connectivity index (χ1n) is 4.86. The summed E-state index contributed by atoms with van der Waals surface area (Å²) < 4.78 is 5.19. The van der Waals surface area contributed by atoms with Crippen LogP contribution in [0, 0.1) is 0 Å². The number of hydrogen-bond donors (Lipinski definition) is 1. The summed E-state index contributed by atoms with van der Waals surface area (Å²) in [6.07, 6.45) is 0.591. The van der Waals surface area contributed by atoms with Crippen molar-refractivity contribution < 1.29 is 14.3 Å². The van der Waals surface area contributed by atoms with Crippen molar-refractivity contribution in [1.82, 2.24) is 10.2 Å². The Morgan fingerprint density at radius 2 is 2.36 bits per heavy atom. The minimum atomic E-state index is -0.759. The van der Waals surface area contributed by atoms with Crippen LogP contribution in [0.3, 0.4) is 0 Å². The summed E-state index contributed by atoms with van der Waals surface area (Å²) in [4.78, 5) is 24.9. The third-order valence-corrected chi connectivity index (χ3v) is 2.81. The summed E-state index contributed by atoms with van der Waals surface area (Å²) in [6.45, 7) is 3.49. The lowest BCUT2D eigenvalue weighted by Gasteiger charge is -2.38. The monoisotopic (exact) mass is 198 g/mol. The van der Waals surface area contributed by atoms with Crippen LogP contribution in [0.5, 0.6) is 0 Å². The average Bonchev–Trinajstić information content (AvgIpc) is 2.61. The van der Waals surface area contributed by atoms with Gasteiger partial charge in [-0.3, -0.25) is 9.59 Å². The first-order chi connectivity index (χ1) is 6.68. The van der Waals surface area contributed by atoms with Crippen molar-refractivity contribution in [1.29, 1.82) is 0 Å². The first-order valence-corrected chi connectivity index (χ1v) is 4.86. The number of likely N-dealkylation sites (N-methyl/N-ethyl adjacent to an activating group) is 1. The zero-order chi connectivity index (χ0) is 10.2. The molecule has 0 bridgehead atoms. The van der Waals surface area contributed by atoms with E-state index in [4.69, 9.17) is 4.74 Å². The van der Waals surface area contributed by atoms with Gasteiger partial charge < -0.3 is 15.0 Å². The maximum atomic E-state index is 12.0. The molecule has 78 valence electrons. The number of piperazine rings is 1. The van der Waals surface area contributed by atoms with E-state index in [1.165, 1.54) is 0 Å². The molecule has 1 atom stereocenters. The molecule has 5 heteroatoms. The third kappa shape index (κ3) is 1.28. The van der Waals surface area contributed by atoms with Crippen LogP contribution in [0.25, 0.3) is 0 Å². The third-order valence-electron chi connectivity index (χ3n) is 2.81. The molecule has 0 aliphatic carbocycles. The number of ether oxygens (including phenoxy) is 1. The molecule has 1 spiro atoms. The van der Waals surface area contributed by atoms with E-state index >= 15 is 0 Å². The van der Waals surface area contributed by atoms with Crippen LogP contribution in [-0.4, -0.2) is 48.6 Å². The maximum Gasteiger partial charge on any atom is 0.251 e. The number of carbonyl (C=O) groups is 2. The fraction of sp³-hybridized carbons (Fsp3) is 0.778. The van der Waals surface area contributed by atoms with Gasteiger partial charge in [0.05, 0.1) is 13.2 Å². The summed E-state index contributed by atoms with van der Waals surface area (Å²) in [5.41, 5.74) is -0.759. The molecule has 0 aromatic heterocycles. The van der Waals surface area contributed by atoms with Crippen LogP contribution in [0.15, 0.2) is 0 Å². The molecule has 0 aromatic rings. The summed E-state index contributed by atoms with van der Waals surface area (Å²) in [5.74, 6) is -0.0888. The van der Waals surface area contributed by atoms with Crippen LogP contribution in [-0.2, 0) is 14.3 Å². The van der Waals surface area contributed by atoms with E-state index in [0.29, 0.717) is 26.2 Å². The van der Waals surface area contributed by atoms with Crippen molar-refractivity contribution in [3.63, 3.8) is 0 Å². The van der Waals surface area contributed by atoms with E-state index in [2.05, 4.69) is 5.32 Å². The lowest BCUT2D eigenvalue weighted by molar-refractivity contribution is -0.149. The lowest BCUT2D eigenvalue weighted by atomic mass is 9.94. The molecule has 2 aliphatic heterocycles. The lowest BCUT2D eigenvalue weighted by Crippen LogP contribution is -2.67. The van der Waals surface area contributed by atoms with Gasteiger partial charge in [0.15, 0.2) is 0 Å². The Labute approximate surface area is 82.4 Å². The molecule has 2 heterocycles. The molecule has 14 heavy (non-hydrogen) atoms. The number of nitrogens with one attached hydrogen (secondary N) is 1. The first kappa shape index (κ1) is 9.45. The van der Waals surface area contributed by atoms with E-state index in [9.17, 15) is 9.59 Å². The Morgan fingerprint density at radius 1 is 1.57 bits per heavy atom. The van der Waals surface area contributed by atoms with Crippen molar-refractivity contribution in [2.75, 3.05) is 26.3 Å². The molecule has 2 rings (SSSR count). The van der Waals surface area contributed by atoms with Crippen molar-refractivity contribution in [3.8, 4) is 0 Å². The normalized spacial score (nSPS) is 32.5. The number of nitrogens with zero attached hydrogens (tertiary/aromatic N) is 1. The number of amides is 2. The zero-order valence-corrected chi connectivity index (χ0v) is 8.21. The van der Waals surface area contributed by atoms with Gasteiger partial charge >= 0.3 is 0 Å². The van der Waals surface area contributed by atoms with Gasteiger partial charge in [0.2, 0.25) is 5.91 Å². The highest BCUT2D eigenvalue weighted by Crippen LogP contribution is 2.24. The molecular formula is C9H14N2O3. The molecule has 2 fully saturated rings. The van der Waals surface area contributed by atoms with Gasteiger partial charge in [0, 0.05) is 19.6 Å². The molecular weight excluding hydrogens is 184 g/mol. The second kappa shape index (κ2) is 3.24. The van der Waals surface area contributed by atoms with Gasteiger partial charge in [-0.2, -0.15) is 0 Å². The van der Waals surface area contributed by atoms with Gasteiger partial charge in [-0.1, -0.05) is 0 Å². The van der Waals surface area contributed by atoms with Gasteiger partial charge in [-0.05, 0) is 6.92 Å². The SMILES string of the molecule is CCN1CC(=O)NC2(CCOC2)C1=O. The second-order valence-corrected chi connectivity index (χ2v) is 3.75. The average molecular weight is 198 g/mol. The highest BCUT2D eigenvalue weighted by atomic mass is 16.5. The predicted octanol–water partition coefficient (Wildman–Crippen LogP) is -0.876. The fourth-order valence-corrected chi connectivity index (χ4v) is 2.00. The quantitative estimate of drug-likeness (QED) is 0.595. The van der Waals surface area contributed by atoms with Crippen LogP contribution in [0.2, 0.25) is 0 Å². The number of carbonyl (C=O) groups excluding carboxylic acids is 2. The van der Waals surface area contributed by atoms with Gasteiger partial charge in [-0.25, -0.2) is 0 Å². The molecule has 1 N–H and O–H groups in total. The maximum absolute atomic E-state index is 12.0. The summed E-state index contributed by atoms with van der Waals surface area (Å²) >= 11 is 0. The molecule has 2 aliphatic rings. The van der Waals surface area contributed by atoms with Gasteiger partial charge in [0.25, 0.3) is 5.91 Å². The Balaban J connectivity index is 2.23. The minimum absolute atomic E-state index is 0.00269. The highest BCUT2D eigenvalue weighted by molar-refractivity contribution is 5.98. The van der Waals surface area contributed by atoms with Crippen molar-refractivity contribution in [2.24, 2.45) is 0 Å². The van der Waals surface area contributed by atoms with E-state index in [1.54, 1.807) is 4.90 Å². The molecule has 0 radical (unpaired) electrons. The second-order valence-electron chi connectivity index (χ2n) is 3.75. The van der Waals surface area contributed by atoms with Crippen molar-refractivity contribution in [2.45, 2.75) is 18.9 Å². The zero-order valence-electron chi connectivity index (χ0n) is 8.21. The van der Waals surface area contributed by atoms with Crippen LogP contribution in [0.4, 0.5) is 0 Å². The Bertz CT molecular complexity index is 271. The van der Waals surface area contributed by atoms with Crippen LogP contribution in [0.1, 0.15) is 13.3 Å². The van der Waals surface area contributed by atoms with Gasteiger partial charge in [0.1, 0.15) is 5.54 Å². The summed E-state index contributed by atoms with van der Waals surface area (Å²) in [7, 11) is 0. The molecule has 1 unspecified atom stereocenters. The Morgan fingerprint density at radius 3 is 2.93 bits per heavy atom. The van der Waals surface area contributed by atoms with E-state index in [1.807, 2.05) is 6.92 Å². The molecule has 0 saturated carbocycles. The van der Waals surface area contributed by atoms with Crippen LogP contribution >= 0.6 is 0 Å². The smallest absolute Gasteiger partial charge is 0.251 e. The van der Waals surface area contributed by atoms with Crippen molar-refractivity contribution >= 4 is 11.8 Å². The highest BCUT2D eigenvalue weighted by Gasteiger charge is 2.48. The molecule has 5 nitrogen and oxygen atoms in total. The van der Waals surface area contributed by atoms with Crippen LogP contribution < -0.4 is 5.32 Å². The summed E-state index contributed by atoms with van der Waals surface area (Å²) in [5, 5.41) is 2.75.